The molecule has 86 valence electrons. The number of benzene rings is 1. The highest BCUT2D eigenvalue weighted by molar-refractivity contribution is 6.32. The van der Waals surface area contributed by atoms with Gasteiger partial charge in [-0.3, -0.25) is 4.79 Å². The van der Waals surface area contributed by atoms with E-state index in [-0.39, 0.29) is 18.6 Å². The first-order valence-electron chi connectivity index (χ1n) is 4.66. The number of halogens is 1. The molecule has 0 aliphatic carbocycles. The number of hydrogen-bond donors (Lipinski definition) is 0. The van der Waals surface area contributed by atoms with Crippen LogP contribution in [0.2, 0.25) is 5.02 Å². The molecule has 0 spiro atoms. The highest BCUT2D eigenvalue weighted by Crippen LogP contribution is 2.34. The van der Waals surface area contributed by atoms with Gasteiger partial charge >= 0.3 is 5.97 Å². The van der Waals surface area contributed by atoms with Gasteiger partial charge in [0.15, 0.2) is 11.5 Å². The predicted molar refractivity (Wildman–Crippen MR) is 58.9 cm³/mol. The van der Waals surface area contributed by atoms with Gasteiger partial charge in [-0.2, -0.15) is 0 Å². The number of esters is 1. The van der Waals surface area contributed by atoms with E-state index in [1.807, 2.05) is 0 Å². The van der Waals surface area contributed by atoms with Gasteiger partial charge in [-0.1, -0.05) is 17.7 Å². The third-order valence-electron chi connectivity index (χ3n) is 1.83. The number of hydrogen-bond acceptors (Lipinski definition) is 4. The quantitative estimate of drug-likeness (QED) is 0.451. The van der Waals surface area contributed by atoms with E-state index in [1.54, 1.807) is 18.2 Å². The van der Waals surface area contributed by atoms with Crippen LogP contribution in [0.15, 0.2) is 18.2 Å². The van der Waals surface area contributed by atoms with Gasteiger partial charge in [0.1, 0.15) is 6.29 Å². The summed E-state index contributed by atoms with van der Waals surface area (Å²) in [5.41, 5.74) is 0. The molecule has 0 fully saturated rings. The van der Waals surface area contributed by atoms with E-state index in [0.29, 0.717) is 17.1 Å². The van der Waals surface area contributed by atoms with Gasteiger partial charge < -0.3 is 14.3 Å². The summed E-state index contributed by atoms with van der Waals surface area (Å²) in [6, 6.07) is 4.91. The molecule has 5 heteroatoms. The normalized spacial score (nSPS) is 9.62. The van der Waals surface area contributed by atoms with E-state index in [4.69, 9.17) is 21.1 Å². The molecular formula is C11H11ClO4. The first-order chi connectivity index (χ1) is 7.69. The molecule has 1 aromatic rings. The Morgan fingerprint density at radius 2 is 2.25 bits per heavy atom. The Labute approximate surface area is 98.1 Å². The standard InChI is InChI=1S/C11H11ClO4/c1-15-9-5-2-4-8(12)11(9)16-10(14)6-3-7-13/h2,4-5,7H,3,6H2,1H3. The largest absolute Gasteiger partial charge is 0.493 e. The minimum atomic E-state index is -0.515. The molecule has 0 saturated heterocycles. The first kappa shape index (κ1) is 12.5. The second kappa shape index (κ2) is 6.12. The monoisotopic (exact) mass is 242 g/mol. The molecule has 0 N–H and O–H groups in total. The number of ether oxygens (including phenoxy) is 2. The lowest BCUT2D eigenvalue weighted by Crippen LogP contribution is -2.09. The van der Waals surface area contributed by atoms with Crippen LogP contribution in [0.1, 0.15) is 12.8 Å². The van der Waals surface area contributed by atoms with E-state index >= 15 is 0 Å². The van der Waals surface area contributed by atoms with Crippen LogP contribution in [0.5, 0.6) is 11.5 Å². The Bertz CT molecular complexity index is 390. The van der Waals surface area contributed by atoms with E-state index in [1.165, 1.54) is 7.11 Å². The van der Waals surface area contributed by atoms with Crippen molar-refractivity contribution in [3.8, 4) is 11.5 Å². The summed E-state index contributed by atoms with van der Waals surface area (Å²) in [4.78, 5) is 21.4. The van der Waals surface area contributed by atoms with Crippen LogP contribution in [-0.2, 0) is 9.59 Å². The zero-order valence-corrected chi connectivity index (χ0v) is 9.49. The summed E-state index contributed by atoms with van der Waals surface area (Å²) >= 11 is 5.86. The molecule has 1 rings (SSSR count). The van der Waals surface area contributed by atoms with Crippen LogP contribution in [0.3, 0.4) is 0 Å². The van der Waals surface area contributed by atoms with E-state index < -0.39 is 5.97 Å². The number of para-hydroxylation sites is 1. The van der Waals surface area contributed by atoms with Crippen molar-refractivity contribution >= 4 is 23.9 Å². The second-order valence-corrected chi connectivity index (χ2v) is 3.36. The molecule has 0 aromatic heterocycles. The fraction of sp³-hybridized carbons (Fsp3) is 0.273. The molecule has 1 aromatic carbocycles. The van der Waals surface area contributed by atoms with Gasteiger partial charge in [-0.05, 0) is 12.1 Å². The molecule has 0 amide bonds. The summed E-state index contributed by atoms with van der Waals surface area (Å²) in [6.45, 7) is 0. The van der Waals surface area contributed by atoms with Crippen LogP contribution < -0.4 is 9.47 Å². The lowest BCUT2D eigenvalue weighted by Gasteiger charge is -2.09. The molecule has 0 atom stereocenters. The molecule has 0 aliphatic rings. The van der Waals surface area contributed by atoms with Crippen LogP contribution in [0.25, 0.3) is 0 Å². The number of rotatable bonds is 5. The maximum absolute atomic E-state index is 11.3. The highest BCUT2D eigenvalue weighted by atomic mass is 35.5. The van der Waals surface area contributed by atoms with Crippen molar-refractivity contribution in [2.75, 3.05) is 7.11 Å². The van der Waals surface area contributed by atoms with Gasteiger partial charge in [0.2, 0.25) is 0 Å². The van der Waals surface area contributed by atoms with Crippen molar-refractivity contribution in [3.63, 3.8) is 0 Å². The molecule has 0 radical (unpaired) electrons. The fourth-order valence-corrected chi connectivity index (χ4v) is 1.29. The van der Waals surface area contributed by atoms with Gasteiger partial charge in [0.05, 0.1) is 18.6 Å². The lowest BCUT2D eigenvalue weighted by molar-refractivity contribution is -0.135. The van der Waals surface area contributed by atoms with Crippen molar-refractivity contribution < 1.29 is 19.1 Å². The Morgan fingerprint density at radius 1 is 1.50 bits per heavy atom. The number of aldehydes is 1. The third-order valence-corrected chi connectivity index (χ3v) is 2.13. The summed E-state index contributed by atoms with van der Waals surface area (Å²) in [7, 11) is 1.45. The molecule has 16 heavy (non-hydrogen) atoms. The maximum Gasteiger partial charge on any atom is 0.311 e. The first-order valence-corrected chi connectivity index (χ1v) is 5.03. The van der Waals surface area contributed by atoms with Crippen LogP contribution in [0.4, 0.5) is 0 Å². The molecule has 0 heterocycles. The SMILES string of the molecule is COc1cccc(Cl)c1OC(=O)CCC=O. The zero-order chi connectivity index (χ0) is 12.0. The predicted octanol–water partition coefficient (Wildman–Crippen LogP) is 2.23. The Hall–Kier alpha value is -1.55. The molecule has 0 aliphatic heterocycles. The summed E-state index contributed by atoms with van der Waals surface area (Å²) in [6.07, 6.45) is 0.814. The minimum absolute atomic E-state index is 0.0257. The topological polar surface area (TPSA) is 52.6 Å². The molecule has 0 saturated carbocycles. The van der Waals surface area contributed by atoms with Crippen LogP contribution >= 0.6 is 11.6 Å². The van der Waals surface area contributed by atoms with Crippen molar-refractivity contribution in [3.05, 3.63) is 23.2 Å². The summed E-state index contributed by atoms with van der Waals surface area (Å²) in [5, 5.41) is 0.291. The smallest absolute Gasteiger partial charge is 0.311 e. The Balaban J connectivity index is 2.79. The van der Waals surface area contributed by atoms with E-state index in [0.717, 1.165) is 0 Å². The van der Waals surface area contributed by atoms with Crippen LogP contribution in [-0.4, -0.2) is 19.4 Å². The Morgan fingerprint density at radius 3 is 2.88 bits per heavy atom. The van der Waals surface area contributed by atoms with Crippen molar-refractivity contribution in [1.82, 2.24) is 0 Å². The number of carbonyl (C=O) groups excluding carboxylic acids is 2. The van der Waals surface area contributed by atoms with Gasteiger partial charge in [0.25, 0.3) is 0 Å². The average molecular weight is 243 g/mol. The van der Waals surface area contributed by atoms with Gasteiger partial charge in [-0.15, -0.1) is 0 Å². The average Bonchev–Trinajstić information content (AvgIpc) is 2.29. The van der Waals surface area contributed by atoms with E-state index in [2.05, 4.69) is 0 Å². The zero-order valence-electron chi connectivity index (χ0n) is 8.73. The van der Waals surface area contributed by atoms with Crippen molar-refractivity contribution in [2.45, 2.75) is 12.8 Å². The Kier molecular flexibility index (Phi) is 4.79. The van der Waals surface area contributed by atoms with Crippen LogP contribution in [0, 0.1) is 0 Å². The van der Waals surface area contributed by atoms with E-state index in [9.17, 15) is 9.59 Å². The van der Waals surface area contributed by atoms with Crippen molar-refractivity contribution in [1.29, 1.82) is 0 Å². The third kappa shape index (κ3) is 3.24. The molecule has 0 bridgehead atoms. The number of carbonyl (C=O) groups is 2. The fourth-order valence-electron chi connectivity index (χ4n) is 1.09. The lowest BCUT2D eigenvalue weighted by atomic mass is 10.3. The number of methoxy groups -OCH3 is 1. The highest BCUT2D eigenvalue weighted by Gasteiger charge is 2.13. The molecular weight excluding hydrogens is 232 g/mol. The van der Waals surface area contributed by atoms with Gasteiger partial charge in [0, 0.05) is 6.42 Å². The summed E-state index contributed by atoms with van der Waals surface area (Å²) in [5.74, 6) is 0.0491. The molecule has 4 nitrogen and oxygen atoms in total. The maximum atomic E-state index is 11.3. The second-order valence-electron chi connectivity index (χ2n) is 2.95. The van der Waals surface area contributed by atoms with Crippen molar-refractivity contribution in [2.24, 2.45) is 0 Å². The minimum Gasteiger partial charge on any atom is -0.493 e. The van der Waals surface area contributed by atoms with Gasteiger partial charge in [-0.25, -0.2) is 0 Å². The summed E-state index contributed by atoms with van der Waals surface area (Å²) < 4.78 is 10.0. The molecule has 0 unspecified atom stereocenters.